The molecule has 1 aromatic rings. The van der Waals surface area contributed by atoms with Gasteiger partial charge in [0.05, 0.1) is 25.4 Å². The standard InChI is InChI=1S/C12H17NO2/c1-14-6-7-15-11-8-9-4-2-3-5-10(9)12(11)13/h2-5,11-12H,6-8,13H2,1H3. The molecular formula is C12H17NO2. The lowest BCUT2D eigenvalue weighted by molar-refractivity contribution is 0.0106. The van der Waals surface area contributed by atoms with Crippen molar-refractivity contribution in [2.75, 3.05) is 20.3 Å². The Balaban J connectivity index is 1.97. The van der Waals surface area contributed by atoms with Gasteiger partial charge in [-0.2, -0.15) is 0 Å². The smallest absolute Gasteiger partial charge is 0.0809 e. The molecule has 2 rings (SSSR count). The van der Waals surface area contributed by atoms with E-state index in [2.05, 4.69) is 12.1 Å². The average Bonchev–Trinajstić information content (AvgIpc) is 2.57. The monoisotopic (exact) mass is 207 g/mol. The van der Waals surface area contributed by atoms with Gasteiger partial charge in [0, 0.05) is 13.5 Å². The Morgan fingerprint density at radius 3 is 2.87 bits per heavy atom. The van der Waals surface area contributed by atoms with Crippen LogP contribution in [-0.2, 0) is 15.9 Å². The van der Waals surface area contributed by atoms with E-state index in [1.165, 1.54) is 11.1 Å². The topological polar surface area (TPSA) is 44.5 Å². The summed E-state index contributed by atoms with van der Waals surface area (Å²) in [6.07, 6.45) is 1.03. The summed E-state index contributed by atoms with van der Waals surface area (Å²) in [6, 6.07) is 8.28. The number of methoxy groups -OCH3 is 1. The van der Waals surface area contributed by atoms with Crippen LogP contribution in [0, 0.1) is 0 Å². The molecular weight excluding hydrogens is 190 g/mol. The summed E-state index contributed by atoms with van der Waals surface area (Å²) in [4.78, 5) is 0. The van der Waals surface area contributed by atoms with Crippen molar-refractivity contribution in [3.05, 3.63) is 35.4 Å². The average molecular weight is 207 g/mol. The third kappa shape index (κ3) is 2.20. The zero-order valence-corrected chi connectivity index (χ0v) is 8.98. The molecule has 1 aliphatic carbocycles. The largest absolute Gasteiger partial charge is 0.382 e. The first-order chi connectivity index (χ1) is 7.33. The molecule has 1 aromatic carbocycles. The van der Waals surface area contributed by atoms with Crippen molar-refractivity contribution in [1.82, 2.24) is 0 Å². The minimum absolute atomic E-state index is 0.0121. The summed E-state index contributed by atoms with van der Waals surface area (Å²) in [7, 11) is 1.67. The van der Waals surface area contributed by atoms with Gasteiger partial charge in [-0.05, 0) is 11.1 Å². The second kappa shape index (κ2) is 4.75. The van der Waals surface area contributed by atoms with Crippen LogP contribution in [0.2, 0.25) is 0 Å². The van der Waals surface area contributed by atoms with Crippen molar-refractivity contribution >= 4 is 0 Å². The number of hydrogen-bond acceptors (Lipinski definition) is 3. The molecule has 0 amide bonds. The van der Waals surface area contributed by atoms with Crippen molar-refractivity contribution < 1.29 is 9.47 Å². The second-order valence-corrected chi connectivity index (χ2v) is 3.83. The molecule has 82 valence electrons. The molecule has 0 bridgehead atoms. The van der Waals surface area contributed by atoms with Crippen molar-refractivity contribution in [3.63, 3.8) is 0 Å². The fourth-order valence-corrected chi connectivity index (χ4v) is 2.03. The van der Waals surface area contributed by atoms with E-state index in [-0.39, 0.29) is 12.1 Å². The number of ether oxygens (including phenoxy) is 2. The van der Waals surface area contributed by atoms with Gasteiger partial charge < -0.3 is 15.2 Å². The van der Waals surface area contributed by atoms with E-state index in [1.807, 2.05) is 12.1 Å². The van der Waals surface area contributed by atoms with Crippen molar-refractivity contribution in [3.8, 4) is 0 Å². The zero-order chi connectivity index (χ0) is 10.7. The van der Waals surface area contributed by atoms with Crippen LogP contribution in [0.15, 0.2) is 24.3 Å². The van der Waals surface area contributed by atoms with Crippen LogP contribution in [0.4, 0.5) is 0 Å². The molecule has 15 heavy (non-hydrogen) atoms. The Hall–Kier alpha value is -0.900. The summed E-state index contributed by atoms with van der Waals surface area (Å²) < 4.78 is 10.6. The van der Waals surface area contributed by atoms with Gasteiger partial charge in [-0.15, -0.1) is 0 Å². The van der Waals surface area contributed by atoms with Gasteiger partial charge >= 0.3 is 0 Å². The molecule has 1 aliphatic rings. The number of rotatable bonds is 4. The van der Waals surface area contributed by atoms with Gasteiger partial charge in [-0.3, -0.25) is 0 Å². The maximum absolute atomic E-state index is 6.11. The van der Waals surface area contributed by atoms with Gasteiger partial charge in [0.2, 0.25) is 0 Å². The van der Waals surface area contributed by atoms with Gasteiger partial charge in [-0.25, -0.2) is 0 Å². The molecule has 2 N–H and O–H groups in total. The van der Waals surface area contributed by atoms with E-state index in [1.54, 1.807) is 7.11 Å². The first-order valence-electron chi connectivity index (χ1n) is 5.27. The van der Waals surface area contributed by atoms with E-state index in [0.717, 1.165) is 6.42 Å². The zero-order valence-electron chi connectivity index (χ0n) is 8.98. The van der Waals surface area contributed by atoms with Crippen molar-refractivity contribution in [1.29, 1.82) is 0 Å². The molecule has 0 aliphatic heterocycles. The van der Waals surface area contributed by atoms with Gasteiger partial charge in [0.25, 0.3) is 0 Å². The highest BCUT2D eigenvalue weighted by atomic mass is 16.5. The molecule has 0 saturated heterocycles. The maximum atomic E-state index is 6.11. The summed E-state index contributed by atoms with van der Waals surface area (Å²) in [5.41, 5.74) is 8.64. The molecule has 0 radical (unpaired) electrons. The molecule has 0 heterocycles. The van der Waals surface area contributed by atoms with Crippen LogP contribution in [-0.4, -0.2) is 26.4 Å². The van der Waals surface area contributed by atoms with Crippen LogP contribution in [0.3, 0.4) is 0 Å². The number of hydrogen-bond donors (Lipinski definition) is 1. The Morgan fingerprint density at radius 2 is 2.13 bits per heavy atom. The minimum Gasteiger partial charge on any atom is -0.382 e. The number of nitrogens with two attached hydrogens (primary N) is 1. The lowest BCUT2D eigenvalue weighted by Crippen LogP contribution is -2.26. The lowest BCUT2D eigenvalue weighted by atomic mass is 10.1. The summed E-state index contributed by atoms with van der Waals surface area (Å²) in [5.74, 6) is 0. The highest BCUT2D eigenvalue weighted by molar-refractivity contribution is 5.36. The predicted octanol–water partition coefficient (Wildman–Crippen LogP) is 1.27. The van der Waals surface area contributed by atoms with E-state index in [0.29, 0.717) is 13.2 Å². The molecule has 0 saturated carbocycles. The third-order valence-corrected chi connectivity index (χ3v) is 2.86. The summed E-state index contributed by atoms with van der Waals surface area (Å²) in [6.45, 7) is 1.24. The normalized spacial score (nSPS) is 24.1. The first kappa shape index (κ1) is 10.6. The minimum atomic E-state index is 0.0121. The van der Waals surface area contributed by atoms with Crippen LogP contribution in [0.5, 0.6) is 0 Å². The van der Waals surface area contributed by atoms with E-state index >= 15 is 0 Å². The predicted molar refractivity (Wildman–Crippen MR) is 58.7 cm³/mol. The fraction of sp³-hybridized carbons (Fsp3) is 0.500. The van der Waals surface area contributed by atoms with E-state index < -0.39 is 0 Å². The third-order valence-electron chi connectivity index (χ3n) is 2.86. The molecule has 0 aromatic heterocycles. The van der Waals surface area contributed by atoms with Crippen LogP contribution < -0.4 is 5.73 Å². The summed E-state index contributed by atoms with van der Waals surface area (Å²) in [5, 5.41) is 0. The van der Waals surface area contributed by atoms with Crippen molar-refractivity contribution in [2.24, 2.45) is 5.73 Å². The SMILES string of the molecule is COCCOC1Cc2ccccc2C1N. The molecule has 0 spiro atoms. The lowest BCUT2D eigenvalue weighted by Gasteiger charge is -2.16. The van der Waals surface area contributed by atoms with Gasteiger partial charge in [0.15, 0.2) is 0 Å². The van der Waals surface area contributed by atoms with Gasteiger partial charge in [0.1, 0.15) is 0 Å². The Labute approximate surface area is 90.2 Å². The maximum Gasteiger partial charge on any atom is 0.0809 e. The van der Waals surface area contributed by atoms with E-state index in [9.17, 15) is 0 Å². The second-order valence-electron chi connectivity index (χ2n) is 3.83. The first-order valence-corrected chi connectivity index (χ1v) is 5.27. The highest BCUT2D eigenvalue weighted by Gasteiger charge is 2.29. The molecule has 0 fully saturated rings. The van der Waals surface area contributed by atoms with E-state index in [4.69, 9.17) is 15.2 Å². The quantitative estimate of drug-likeness (QED) is 0.756. The number of benzene rings is 1. The Morgan fingerprint density at radius 1 is 1.33 bits per heavy atom. The highest BCUT2D eigenvalue weighted by Crippen LogP contribution is 2.31. The molecule has 2 unspecified atom stereocenters. The summed E-state index contributed by atoms with van der Waals surface area (Å²) >= 11 is 0. The van der Waals surface area contributed by atoms with Crippen LogP contribution >= 0.6 is 0 Å². The molecule has 3 nitrogen and oxygen atoms in total. The molecule has 2 atom stereocenters. The Kier molecular flexibility index (Phi) is 3.36. The number of fused-ring (bicyclic) bond motifs is 1. The van der Waals surface area contributed by atoms with Crippen LogP contribution in [0.25, 0.3) is 0 Å². The van der Waals surface area contributed by atoms with Gasteiger partial charge in [-0.1, -0.05) is 24.3 Å². The molecule has 3 heteroatoms. The van der Waals surface area contributed by atoms with Crippen LogP contribution in [0.1, 0.15) is 17.2 Å². The fourth-order valence-electron chi connectivity index (χ4n) is 2.03. The van der Waals surface area contributed by atoms with Crippen molar-refractivity contribution in [2.45, 2.75) is 18.6 Å². The Bertz CT molecular complexity index is 327.